The molecule has 0 fully saturated rings. The summed E-state index contributed by atoms with van der Waals surface area (Å²) in [6.45, 7) is 5.49. The second kappa shape index (κ2) is 4.00. The van der Waals surface area contributed by atoms with Gasteiger partial charge < -0.3 is 10.5 Å². The van der Waals surface area contributed by atoms with E-state index in [1.807, 2.05) is 20.8 Å². The Kier molecular flexibility index (Phi) is 2.79. The van der Waals surface area contributed by atoms with Gasteiger partial charge in [-0.2, -0.15) is 0 Å². The van der Waals surface area contributed by atoms with Gasteiger partial charge in [-0.15, -0.1) is 11.3 Å². The van der Waals surface area contributed by atoms with Gasteiger partial charge in [-0.3, -0.25) is 4.98 Å². The van der Waals surface area contributed by atoms with Gasteiger partial charge in [0.1, 0.15) is 10.5 Å². The first-order valence-corrected chi connectivity index (χ1v) is 6.05. The van der Waals surface area contributed by atoms with E-state index >= 15 is 0 Å². The average Bonchev–Trinajstić information content (AvgIpc) is 2.55. The molecule has 2 aromatic rings. The number of hydrogen-bond donors (Lipinski definition) is 1. The summed E-state index contributed by atoms with van der Waals surface area (Å²) >= 11 is 1.31. The van der Waals surface area contributed by atoms with Gasteiger partial charge in [-0.05, 0) is 26.8 Å². The number of nitrogens with two attached hydrogens (primary N) is 1. The molecular weight excluding hydrogens is 236 g/mol. The molecule has 0 aliphatic rings. The van der Waals surface area contributed by atoms with E-state index in [-0.39, 0.29) is 5.97 Å². The van der Waals surface area contributed by atoms with Crippen molar-refractivity contribution in [3.8, 4) is 0 Å². The van der Waals surface area contributed by atoms with Gasteiger partial charge in [0.15, 0.2) is 0 Å². The van der Waals surface area contributed by atoms with Crippen LogP contribution in [0, 0.1) is 0 Å². The maximum atomic E-state index is 11.9. The van der Waals surface area contributed by atoms with Crippen LogP contribution in [0.5, 0.6) is 0 Å². The number of rotatable bonds is 1. The average molecular weight is 250 g/mol. The third-order valence-electron chi connectivity index (χ3n) is 2.12. The number of thiophene rings is 1. The predicted molar refractivity (Wildman–Crippen MR) is 69.2 cm³/mol. The Hall–Kier alpha value is -1.62. The van der Waals surface area contributed by atoms with Crippen molar-refractivity contribution in [3.05, 3.63) is 23.3 Å². The minimum atomic E-state index is -0.516. The first-order chi connectivity index (χ1) is 7.88. The summed E-state index contributed by atoms with van der Waals surface area (Å²) in [5.41, 5.74) is 5.90. The SMILES string of the molecule is CC(C)(C)OC(=O)c1sc2cnccc2c1N. The van der Waals surface area contributed by atoms with Crippen LogP contribution < -0.4 is 5.73 Å². The zero-order valence-corrected chi connectivity index (χ0v) is 10.8. The highest BCUT2D eigenvalue weighted by molar-refractivity contribution is 7.21. The van der Waals surface area contributed by atoms with Gasteiger partial charge >= 0.3 is 5.97 Å². The maximum Gasteiger partial charge on any atom is 0.351 e. The van der Waals surface area contributed by atoms with Crippen LogP contribution in [-0.4, -0.2) is 16.6 Å². The van der Waals surface area contributed by atoms with Crippen molar-refractivity contribution in [2.75, 3.05) is 5.73 Å². The number of nitrogens with zero attached hydrogens (tertiary/aromatic N) is 1. The van der Waals surface area contributed by atoms with Crippen molar-refractivity contribution < 1.29 is 9.53 Å². The Morgan fingerprint density at radius 2 is 2.18 bits per heavy atom. The van der Waals surface area contributed by atoms with E-state index in [0.717, 1.165) is 10.1 Å². The molecule has 17 heavy (non-hydrogen) atoms. The number of ether oxygens (including phenoxy) is 1. The number of nitrogen functional groups attached to an aromatic ring is 1. The van der Waals surface area contributed by atoms with Crippen LogP contribution in [0.3, 0.4) is 0 Å². The number of carbonyl (C=O) groups excluding carboxylic acids is 1. The molecule has 90 valence electrons. The van der Waals surface area contributed by atoms with Crippen LogP contribution in [0.4, 0.5) is 5.69 Å². The summed E-state index contributed by atoms with van der Waals surface area (Å²) in [5, 5.41) is 0.853. The lowest BCUT2D eigenvalue weighted by Gasteiger charge is -2.18. The Labute approximate surface area is 103 Å². The second-order valence-corrected chi connectivity index (χ2v) is 5.77. The third-order valence-corrected chi connectivity index (χ3v) is 3.25. The van der Waals surface area contributed by atoms with Crippen molar-refractivity contribution in [1.82, 2.24) is 4.98 Å². The van der Waals surface area contributed by atoms with Crippen molar-refractivity contribution in [2.45, 2.75) is 26.4 Å². The van der Waals surface area contributed by atoms with E-state index < -0.39 is 5.60 Å². The minimum absolute atomic E-state index is 0.379. The summed E-state index contributed by atoms with van der Waals surface area (Å²) in [6, 6.07) is 1.80. The molecule has 2 aromatic heterocycles. The number of aromatic nitrogens is 1. The molecule has 5 heteroatoms. The van der Waals surface area contributed by atoms with Gasteiger partial charge in [0.2, 0.25) is 0 Å². The number of anilines is 1. The number of hydrogen-bond acceptors (Lipinski definition) is 5. The van der Waals surface area contributed by atoms with Gasteiger partial charge in [0, 0.05) is 17.8 Å². The van der Waals surface area contributed by atoms with E-state index in [0.29, 0.717) is 10.6 Å². The Morgan fingerprint density at radius 3 is 2.76 bits per heavy atom. The highest BCUT2D eigenvalue weighted by Crippen LogP contribution is 2.33. The molecule has 0 aromatic carbocycles. The van der Waals surface area contributed by atoms with E-state index in [2.05, 4.69) is 4.98 Å². The van der Waals surface area contributed by atoms with E-state index in [4.69, 9.17) is 10.5 Å². The molecule has 0 unspecified atom stereocenters. The predicted octanol–water partition coefficient (Wildman–Crippen LogP) is 2.83. The molecule has 0 aliphatic carbocycles. The van der Waals surface area contributed by atoms with Crippen molar-refractivity contribution in [1.29, 1.82) is 0 Å². The molecule has 0 saturated heterocycles. The number of carbonyl (C=O) groups is 1. The Bertz CT molecular complexity index is 569. The molecule has 0 aliphatic heterocycles. The van der Waals surface area contributed by atoms with Crippen molar-refractivity contribution in [3.63, 3.8) is 0 Å². The standard InChI is InChI=1S/C12H14N2O2S/c1-12(2,3)16-11(15)10-9(13)7-4-5-14-6-8(7)17-10/h4-6H,13H2,1-3H3. The smallest absolute Gasteiger partial charge is 0.351 e. The third kappa shape index (κ3) is 2.39. The normalized spacial score (nSPS) is 11.7. The summed E-state index contributed by atoms with van der Waals surface area (Å²) in [5.74, 6) is -0.379. The summed E-state index contributed by atoms with van der Waals surface area (Å²) in [6.07, 6.45) is 3.36. The van der Waals surface area contributed by atoms with E-state index in [1.165, 1.54) is 11.3 Å². The fraction of sp³-hybridized carbons (Fsp3) is 0.333. The maximum absolute atomic E-state index is 11.9. The lowest BCUT2D eigenvalue weighted by Crippen LogP contribution is -2.23. The minimum Gasteiger partial charge on any atom is -0.456 e. The first-order valence-electron chi connectivity index (χ1n) is 5.24. The van der Waals surface area contributed by atoms with Gasteiger partial charge in [0.25, 0.3) is 0 Å². The van der Waals surface area contributed by atoms with E-state index in [9.17, 15) is 4.79 Å². The van der Waals surface area contributed by atoms with Crippen molar-refractivity contribution >= 4 is 33.1 Å². The van der Waals surface area contributed by atoms with Gasteiger partial charge in [-0.25, -0.2) is 4.79 Å². The summed E-state index contributed by atoms with van der Waals surface area (Å²) in [4.78, 5) is 16.4. The number of pyridine rings is 1. The molecular formula is C12H14N2O2S. The van der Waals surface area contributed by atoms with Gasteiger partial charge in [-0.1, -0.05) is 0 Å². The Morgan fingerprint density at radius 1 is 1.47 bits per heavy atom. The molecule has 0 amide bonds. The lowest BCUT2D eigenvalue weighted by molar-refractivity contribution is 0.00765. The highest BCUT2D eigenvalue weighted by atomic mass is 32.1. The fourth-order valence-electron chi connectivity index (χ4n) is 1.45. The summed E-state index contributed by atoms with van der Waals surface area (Å²) in [7, 11) is 0. The monoisotopic (exact) mass is 250 g/mol. The van der Waals surface area contributed by atoms with Crippen LogP contribution in [0.2, 0.25) is 0 Å². The highest BCUT2D eigenvalue weighted by Gasteiger charge is 2.22. The van der Waals surface area contributed by atoms with Crippen LogP contribution in [0.15, 0.2) is 18.5 Å². The summed E-state index contributed by atoms with van der Waals surface area (Å²) < 4.78 is 6.20. The van der Waals surface area contributed by atoms with Gasteiger partial charge in [0.05, 0.1) is 10.4 Å². The zero-order chi connectivity index (χ0) is 12.6. The largest absolute Gasteiger partial charge is 0.456 e. The van der Waals surface area contributed by atoms with Crippen LogP contribution >= 0.6 is 11.3 Å². The van der Waals surface area contributed by atoms with E-state index in [1.54, 1.807) is 18.5 Å². The van der Waals surface area contributed by atoms with Crippen molar-refractivity contribution in [2.24, 2.45) is 0 Å². The molecule has 2 rings (SSSR count). The molecule has 4 nitrogen and oxygen atoms in total. The van der Waals surface area contributed by atoms with Crippen LogP contribution in [0.25, 0.3) is 10.1 Å². The number of fused-ring (bicyclic) bond motifs is 1. The number of esters is 1. The molecule has 2 heterocycles. The molecule has 0 saturated carbocycles. The lowest BCUT2D eigenvalue weighted by atomic mass is 10.2. The molecule has 2 N–H and O–H groups in total. The molecule has 0 atom stereocenters. The Balaban J connectivity index is 2.43. The quantitative estimate of drug-likeness (QED) is 0.790. The zero-order valence-electron chi connectivity index (χ0n) is 9.98. The van der Waals surface area contributed by atoms with Crippen LogP contribution in [-0.2, 0) is 4.74 Å². The second-order valence-electron chi connectivity index (χ2n) is 4.72. The molecule has 0 spiro atoms. The molecule has 0 radical (unpaired) electrons. The molecule has 0 bridgehead atoms. The fourth-order valence-corrected chi connectivity index (χ4v) is 2.41. The first kappa shape index (κ1) is 11.9. The topological polar surface area (TPSA) is 65.2 Å². The van der Waals surface area contributed by atoms with Crippen LogP contribution in [0.1, 0.15) is 30.4 Å².